The molecule has 1 unspecified atom stereocenters. The average Bonchev–Trinajstić information content (AvgIpc) is 2.81. The third-order valence-corrected chi connectivity index (χ3v) is 7.07. The molecule has 0 fully saturated rings. The van der Waals surface area contributed by atoms with Gasteiger partial charge in [0.1, 0.15) is 19.6 Å². The number of rotatable bonds is 5. The van der Waals surface area contributed by atoms with E-state index in [2.05, 4.69) is 9.97 Å². The number of aromatic nitrogens is 2. The Hall–Kier alpha value is -2.85. The molecule has 4 rings (SSSR count). The first kappa shape index (κ1) is 22.3. The number of hydrogen-bond donors (Lipinski definition) is 0. The van der Waals surface area contributed by atoms with Crippen molar-refractivity contribution in [3.63, 3.8) is 0 Å². The minimum absolute atomic E-state index is 0.104. The molecule has 0 saturated heterocycles. The maximum atomic E-state index is 13.8. The smallest absolute Gasteiger partial charge is 0.410 e. The van der Waals surface area contributed by atoms with Crippen LogP contribution in [0.25, 0.3) is 5.57 Å². The number of ether oxygens (including phenoxy) is 1. The molecule has 0 bridgehead atoms. The molecule has 170 valence electrons. The molecule has 1 aromatic carbocycles. The van der Waals surface area contributed by atoms with Gasteiger partial charge in [-0.1, -0.05) is 36.4 Å². The number of nitrogens with zero attached hydrogens (tertiary/aromatic N) is 4. The highest BCUT2D eigenvalue weighted by molar-refractivity contribution is 7.88. The summed E-state index contributed by atoms with van der Waals surface area (Å²) >= 11 is 0. The lowest BCUT2D eigenvalue weighted by Gasteiger charge is -2.35. The highest BCUT2D eigenvalue weighted by Crippen LogP contribution is 2.31. The van der Waals surface area contributed by atoms with Gasteiger partial charge in [0, 0.05) is 25.1 Å². The predicted molar refractivity (Wildman–Crippen MR) is 117 cm³/mol. The normalized spacial score (nSPS) is 19.2. The molecule has 1 amide bonds. The first-order chi connectivity index (χ1) is 15.4. The summed E-state index contributed by atoms with van der Waals surface area (Å²) in [6.45, 7) is 0.168. The van der Waals surface area contributed by atoms with Crippen molar-refractivity contribution in [2.45, 2.75) is 32.0 Å². The van der Waals surface area contributed by atoms with Crippen LogP contribution in [0.5, 0.6) is 0 Å². The Morgan fingerprint density at radius 3 is 2.69 bits per heavy atom. The fourth-order valence-electron chi connectivity index (χ4n) is 4.02. The van der Waals surface area contributed by atoms with E-state index < -0.39 is 28.8 Å². The van der Waals surface area contributed by atoms with E-state index in [0.717, 1.165) is 16.7 Å². The van der Waals surface area contributed by atoms with Crippen LogP contribution < -0.4 is 0 Å². The van der Waals surface area contributed by atoms with E-state index in [1.54, 1.807) is 0 Å². The van der Waals surface area contributed by atoms with Gasteiger partial charge in [-0.25, -0.2) is 27.6 Å². The number of halogens is 1. The number of benzene rings is 1. The van der Waals surface area contributed by atoms with Gasteiger partial charge in [0.05, 0.1) is 30.2 Å². The molecule has 1 aromatic heterocycles. The van der Waals surface area contributed by atoms with Gasteiger partial charge in [-0.3, -0.25) is 4.90 Å². The van der Waals surface area contributed by atoms with Gasteiger partial charge in [0.25, 0.3) is 0 Å². The Kier molecular flexibility index (Phi) is 6.52. The number of alkyl halides is 1. The van der Waals surface area contributed by atoms with Crippen LogP contribution in [-0.2, 0) is 34.3 Å². The van der Waals surface area contributed by atoms with Gasteiger partial charge in [0.15, 0.2) is 0 Å². The van der Waals surface area contributed by atoms with E-state index in [4.69, 9.17) is 4.74 Å². The molecule has 2 aliphatic heterocycles. The van der Waals surface area contributed by atoms with Crippen LogP contribution in [0.4, 0.5) is 9.18 Å². The molecule has 0 saturated carbocycles. The highest BCUT2D eigenvalue weighted by Gasteiger charge is 2.34. The van der Waals surface area contributed by atoms with E-state index >= 15 is 0 Å². The third-order valence-electron chi connectivity index (χ3n) is 5.80. The number of carbonyl (C=O) groups excluding carboxylic acids is 1. The fourth-order valence-corrected chi connectivity index (χ4v) is 4.79. The van der Waals surface area contributed by atoms with Crippen molar-refractivity contribution in [2.75, 3.05) is 26.0 Å². The largest absolute Gasteiger partial charge is 0.445 e. The van der Waals surface area contributed by atoms with Crippen molar-refractivity contribution in [2.24, 2.45) is 0 Å². The monoisotopic (exact) mass is 460 g/mol. The molecule has 0 aliphatic carbocycles. The van der Waals surface area contributed by atoms with Crippen molar-refractivity contribution in [3.05, 3.63) is 65.2 Å². The molecule has 8 nitrogen and oxygen atoms in total. The lowest BCUT2D eigenvalue weighted by atomic mass is 9.93. The van der Waals surface area contributed by atoms with Crippen molar-refractivity contribution in [3.8, 4) is 0 Å². The molecule has 0 radical (unpaired) electrons. The summed E-state index contributed by atoms with van der Waals surface area (Å²) in [7, 11) is -3.26. The number of carbonyl (C=O) groups is 1. The maximum Gasteiger partial charge on any atom is 0.410 e. The maximum absolute atomic E-state index is 13.8. The predicted octanol–water partition coefficient (Wildman–Crippen LogP) is 2.56. The summed E-state index contributed by atoms with van der Waals surface area (Å²) in [5.41, 5.74) is 3.90. The van der Waals surface area contributed by atoms with Crippen molar-refractivity contribution < 1.29 is 22.3 Å². The van der Waals surface area contributed by atoms with Crippen LogP contribution in [0, 0.1) is 0 Å². The van der Waals surface area contributed by atoms with Gasteiger partial charge in [-0.05, 0) is 17.6 Å². The third kappa shape index (κ3) is 4.81. The Labute approximate surface area is 186 Å². The van der Waals surface area contributed by atoms with E-state index in [1.807, 2.05) is 36.4 Å². The summed E-state index contributed by atoms with van der Waals surface area (Å²) in [4.78, 5) is 22.9. The van der Waals surface area contributed by atoms with Crippen LogP contribution in [0.15, 0.2) is 42.7 Å². The zero-order valence-corrected chi connectivity index (χ0v) is 18.6. The average molecular weight is 461 g/mol. The van der Waals surface area contributed by atoms with Gasteiger partial charge < -0.3 is 4.74 Å². The van der Waals surface area contributed by atoms with E-state index in [0.29, 0.717) is 24.4 Å². The number of sulfonamides is 1. The molecule has 0 spiro atoms. The van der Waals surface area contributed by atoms with Crippen LogP contribution in [-0.4, -0.2) is 65.7 Å². The summed E-state index contributed by atoms with van der Waals surface area (Å²) < 4.78 is 44.2. The van der Waals surface area contributed by atoms with Crippen LogP contribution in [0.1, 0.15) is 28.9 Å². The Morgan fingerprint density at radius 1 is 1.25 bits per heavy atom. The first-order valence-electron chi connectivity index (χ1n) is 10.4. The second-order valence-corrected chi connectivity index (χ2v) is 9.91. The first-order valence-corrected chi connectivity index (χ1v) is 12.2. The van der Waals surface area contributed by atoms with Crippen molar-refractivity contribution in [1.82, 2.24) is 19.2 Å². The molecule has 10 heteroatoms. The summed E-state index contributed by atoms with van der Waals surface area (Å²) in [6.07, 6.45) is 4.65. The number of fused-ring (bicyclic) bond motifs is 1. The van der Waals surface area contributed by atoms with Crippen LogP contribution in [0.2, 0.25) is 0 Å². The quantitative estimate of drug-likeness (QED) is 0.681. The van der Waals surface area contributed by atoms with Gasteiger partial charge in [-0.15, -0.1) is 0 Å². The molecule has 3 heterocycles. The van der Waals surface area contributed by atoms with Crippen molar-refractivity contribution >= 4 is 21.7 Å². The second kappa shape index (κ2) is 9.33. The van der Waals surface area contributed by atoms with Gasteiger partial charge >= 0.3 is 6.09 Å². The zero-order chi connectivity index (χ0) is 22.7. The van der Waals surface area contributed by atoms with Crippen LogP contribution >= 0.6 is 0 Å². The van der Waals surface area contributed by atoms with E-state index in [-0.39, 0.29) is 26.1 Å². The second-order valence-electron chi connectivity index (χ2n) is 7.93. The van der Waals surface area contributed by atoms with Crippen molar-refractivity contribution in [1.29, 1.82) is 0 Å². The summed E-state index contributed by atoms with van der Waals surface area (Å²) in [6, 6.07) is 8.64. The summed E-state index contributed by atoms with van der Waals surface area (Å²) in [5, 5.41) is 0. The molecule has 2 aromatic rings. The van der Waals surface area contributed by atoms with Crippen LogP contribution in [0.3, 0.4) is 0 Å². The molecular weight excluding hydrogens is 435 g/mol. The number of hydrogen-bond acceptors (Lipinski definition) is 6. The van der Waals surface area contributed by atoms with E-state index in [9.17, 15) is 17.6 Å². The Balaban J connectivity index is 1.55. The molecule has 1 atom stereocenters. The SMILES string of the molecule is CS(=O)(=O)N1CC=C(c2ncnc3c2CN(C(=O)OCc2ccccc2)C(CF)C3)CC1. The lowest BCUT2D eigenvalue weighted by Crippen LogP contribution is -2.46. The fraction of sp³-hybridized carbons (Fsp3) is 0.409. The minimum Gasteiger partial charge on any atom is -0.445 e. The van der Waals surface area contributed by atoms with E-state index in [1.165, 1.54) is 21.8 Å². The topological polar surface area (TPSA) is 92.7 Å². The Morgan fingerprint density at radius 2 is 2.03 bits per heavy atom. The van der Waals surface area contributed by atoms with Gasteiger partial charge in [0.2, 0.25) is 10.0 Å². The zero-order valence-electron chi connectivity index (χ0n) is 17.8. The van der Waals surface area contributed by atoms with Gasteiger partial charge in [-0.2, -0.15) is 4.31 Å². The standard InChI is InChI=1S/C22H25FN4O4S/c1-32(29,30)26-9-7-17(8-10-26)21-19-13-27(18(12-23)11-20(19)24-15-25-21)22(28)31-14-16-5-3-2-4-6-16/h2-7,15,18H,8-14H2,1H3. The lowest BCUT2D eigenvalue weighted by molar-refractivity contribution is 0.0663. The molecule has 2 aliphatic rings. The Bertz CT molecular complexity index is 1120. The molecular formula is C22H25FN4O4S. The molecule has 32 heavy (non-hydrogen) atoms. The summed E-state index contributed by atoms with van der Waals surface area (Å²) in [5.74, 6) is 0. The number of amides is 1. The molecule has 0 N–H and O–H groups in total. The highest BCUT2D eigenvalue weighted by atomic mass is 32.2. The minimum atomic E-state index is -3.26.